The molecule has 2 heterocycles. The van der Waals surface area contributed by atoms with Gasteiger partial charge in [-0.2, -0.15) is 13.1 Å². The minimum atomic E-state index is 0.638. The van der Waals surface area contributed by atoms with Crippen LogP contribution < -0.4 is 10.3 Å². The van der Waals surface area contributed by atoms with Crippen LogP contribution in [-0.4, -0.2) is 11.8 Å². The first-order valence-electron chi connectivity index (χ1n) is 6.60. The Morgan fingerprint density at radius 2 is 1.89 bits per heavy atom. The smallest absolute Gasteiger partial charge is 0.134 e. The standard InChI is InChI=1S/C15H19BN2/c1-10-7-11(2)14(12(3)8-10)18-6-5-17-9-13(4)16-15(17)18/h5-8,13H,9H2,1-4H3/t13-/m1/s1. The molecule has 2 nitrogen and oxygen atoms in total. The Kier molecular flexibility index (Phi) is 2.58. The predicted molar refractivity (Wildman–Crippen MR) is 75.0 cm³/mol. The quantitative estimate of drug-likeness (QED) is 0.529. The lowest BCUT2D eigenvalue weighted by atomic mass is 9.67. The molecular formula is C15H19BN2. The summed E-state index contributed by atoms with van der Waals surface area (Å²) in [6.07, 6.45) is 4.37. The first-order chi connectivity index (χ1) is 8.56. The van der Waals surface area contributed by atoms with Gasteiger partial charge < -0.3 is 0 Å². The van der Waals surface area contributed by atoms with E-state index in [4.69, 9.17) is 0 Å². The molecule has 0 fully saturated rings. The number of hydrogen-bond donors (Lipinski definition) is 0. The van der Waals surface area contributed by atoms with Crippen molar-refractivity contribution >= 4 is 13.0 Å². The van der Waals surface area contributed by atoms with Crippen LogP contribution in [0.3, 0.4) is 0 Å². The van der Waals surface area contributed by atoms with E-state index in [1.165, 1.54) is 28.1 Å². The monoisotopic (exact) mass is 238 g/mol. The van der Waals surface area contributed by atoms with Gasteiger partial charge in [0.15, 0.2) is 0 Å². The molecule has 0 aliphatic carbocycles. The van der Waals surface area contributed by atoms with Gasteiger partial charge in [0.25, 0.3) is 0 Å². The highest BCUT2D eigenvalue weighted by Gasteiger charge is 2.19. The summed E-state index contributed by atoms with van der Waals surface area (Å²) >= 11 is 0. The number of aromatic nitrogens is 2. The molecule has 2 aromatic rings. The number of aryl methyl sites for hydroxylation is 3. The van der Waals surface area contributed by atoms with E-state index < -0.39 is 0 Å². The lowest BCUT2D eigenvalue weighted by molar-refractivity contribution is -0.672. The van der Waals surface area contributed by atoms with Crippen LogP contribution in [0.1, 0.15) is 23.6 Å². The van der Waals surface area contributed by atoms with E-state index in [-0.39, 0.29) is 0 Å². The number of benzene rings is 1. The fraction of sp³-hybridized carbons (Fsp3) is 0.400. The van der Waals surface area contributed by atoms with Crippen LogP contribution in [0.5, 0.6) is 0 Å². The highest BCUT2D eigenvalue weighted by atomic mass is 15.2. The van der Waals surface area contributed by atoms with Crippen LogP contribution in [0.4, 0.5) is 0 Å². The maximum absolute atomic E-state index is 2.36. The summed E-state index contributed by atoms with van der Waals surface area (Å²) in [5, 5.41) is 0. The second-order valence-electron chi connectivity index (χ2n) is 5.57. The van der Waals surface area contributed by atoms with Gasteiger partial charge in [0.2, 0.25) is 0 Å². The highest BCUT2D eigenvalue weighted by Crippen LogP contribution is 2.20. The zero-order valence-electron chi connectivity index (χ0n) is 11.6. The molecule has 92 valence electrons. The van der Waals surface area contributed by atoms with Gasteiger partial charge in [0.05, 0.1) is 6.54 Å². The Morgan fingerprint density at radius 3 is 2.56 bits per heavy atom. The summed E-state index contributed by atoms with van der Waals surface area (Å²) in [5.74, 6) is 0.638. The van der Waals surface area contributed by atoms with Gasteiger partial charge in [0.1, 0.15) is 18.1 Å². The van der Waals surface area contributed by atoms with E-state index in [0.717, 1.165) is 6.54 Å². The summed E-state index contributed by atoms with van der Waals surface area (Å²) in [6, 6.07) is 4.52. The molecule has 3 rings (SSSR count). The second-order valence-corrected chi connectivity index (χ2v) is 5.57. The molecule has 3 heteroatoms. The number of imidazole rings is 1. The summed E-state index contributed by atoms with van der Waals surface area (Å²) in [4.78, 5) is 0. The third kappa shape index (κ3) is 1.69. The van der Waals surface area contributed by atoms with Crippen LogP contribution in [-0.2, 0) is 6.54 Å². The number of nitrogens with zero attached hydrogens (tertiary/aromatic N) is 2. The Bertz CT molecular complexity index is 590. The minimum Gasteiger partial charge on any atom is -0.280 e. The molecule has 1 aliphatic heterocycles. The van der Waals surface area contributed by atoms with Crippen molar-refractivity contribution in [3.8, 4) is 5.69 Å². The zero-order chi connectivity index (χ0) is 12.9. The van der Waals surface area contributed by atoms with Gasteiger partial charge in [-0.15, -0.1) is 0 Å². The molecule has 0 N–H and O–H groups in total. The molecule has 1 aromatic carbocycles. The minimum absolute atomic E-state index is 0.638. The molecule has 2 radical (unpaired) electrons. The van der Waals surface area contributed by atoms with E-state index in [9.17, 15) is 0 Å². The average Bonchev–Trinajstić information content (AvgIpc) is 2.77. The van der Waals surface area contributed by atoms with Crippen LogP contribution >= 0.6 is 0 Å². The third-order valence-electron chi connectivity index (χ3n) is 3.73. The summed E-state index contributed by atoms with van der Waals surface area (Å²) in [6.45, 7) is 9.93. The Balaban J connectivity index is 2.17. The van der Waals surface area contributed by atoms with Gasteiger partial charge in [-0.25, -0.2) is 4.57 Å². The van der Waals surface area contributed by atoms with Crippen LogP contribution in [0.15, 0.2) is 24.5 Å². The SMILES string of the molecule is Cc1cc(C)c(-n2cc[n+]3c2[B-][C@H](C)C3)c(C)c1. The number of rotatable bonds is 1. The lowest BCUT2D eigenvalue weighted by Gasteiger charge is -2.13. The number of fused-ring (bicyclic) bond motifs is 1. The molecule has 0 amide bonds. The van der Waals surface area contributed by atoms with Gasteiger partial charge in [-0.3, -0.25) is 4.57 Å². The maximum Gasteiger partial charge on any atom is 0.134 e. The predicted octanol–water partition coefficient (Wildman–Crippen LogP) is 1.84. The summed E-state index contributed by atoms with van der Waals surface area (Å²) in [7, 11) is 2.36. The normalized spacial score (nSPS) is 18.1. The molecular weight excluding hydrogens is 219 g/mol. The van der Waals surface area contributed by atoms with Crippen molar-refractivity contribution in [3.63, 3.8) is 0 Å². The van der Waals surface area contributed by atoms with Gasteiger partial charge in [0, 0.05) is 5.72 Å². The van der Waals surface area contributed by atoms with Crippen molar-refractivity contribution in [1.82, 2.24) is 4.57 Å². The molecule has 0 saturated carbocycles. The number of hydrogen-bond acceptors (Lipinski definition) is 0. The third-order valence-corrected chi connectivity index (χ3v) is 3.73. The van der Waals surface area contributed by atoms with Crippen molar-refractivity contribution < 1.29 is 4.57 Å². The molecule has 1 aliphatic rings. The maximum atomic E-state index is 2.36. The van der Waals surface area contributed by atoms with E-state index >= 15 is 0 Å². The molecule has 0 saturated heterocycles. The lowest BCUT2D eigenvalue weighted by Crippen LogP contribution is -2.45. The highest BCUT2D eigenvalue weighted by molar-refractivity contribution is 6.52. The van der Waals surface area contributed by atoms with E-state index in [0.29, 0.717) is 5.82 Å². The van der Waals surface area contributed by atoms with Gasteiger partial charge >= 0.3 is 0 Å². The molecule has 0 spiro atoms. The average molecular weight is 238 g/mol. The first kappa shape index (κ1) is 11.6. The van der Waals surface area contributed by atoms with Crippen molar-refractivity contribution in [3.05, 3.63) is 41.2 Å². The van der Waals surface area contributed by atoms with Crippen molar-refractivity contribution in [2.45, 2.75) is 40.1 Å². The zero-order valence-corrected chi connectivity index (χ0v) is 11.6. The summed E-state index contributed by atoms with van der Waals surface area (Å²) in [5.41, 5.74) is 6.68. The van der Waals surface area contributed by atoms with Gasteiger partial charge in [-0.05, 0) is 31.9 Å². The first-order valence-corrected chi connectivity index (χ1v) is 6.60. The molecule has 18 heavy (non-hydrogen) atoms. The molecule has 1 atom stereocenters. The Morgan fingerprint density at radius 1 is 1.22 bits per heavy atom. The van der Waals surface area contributed by atoms with Crippen molar-refractivity contribution in [2.24, 2.45) is 0 Å². The van der Waals surface area contributed by atoms with Crippen LogP contribution in [0, 0.1) is 20.8 Å². The Labute approximate surface area is 110 Å². The fourth-order valence-electron chi connectivity index (χ4n) is 3.13. The second kappa shape index (κ2) is 4.01. The Hall–Kier alpha value is -1.51. The molecule has 0 bridgehead atoms. The topological polar surface area (TPSA) is 8.81 Å². The largest absolute Gasteiger partial charge is 0.280 e. The van der Waals surface area contributed by atoms with Gasteiger partial charge in [-0.1, -0.05) is 24.6 Å². The van der Waals surface area contributed by atoms with Crippen molar-refractivity contribution in [1.29, 1.82) is 0 Å². The van der Waals surface area contributed by atoms with Crippen LogP contribution in [0.2, 0.25) is 5.82 Å². The molecule has 0 unspecified atom stereocenters. The van der Waals surface area contributed by atoms with E-state index in [2.05, 4.69) is 68.6 Å². The van der Waals surface area contributed by atoms with E-state index in [1.807, 2.05) is 0 Å². The van der Waals surface area contributed by atoms with Crippen molar-refractivity contribution in [2.75, 3.05) is 0 Å². The van der Waals surface area contributed by atoms with Crippen LogP contribution in [0.25, 0.3) is 5.69 Å². The van der Waals surface area contributed by atoms with E-state index in [1.54, 1.807) is 0 Å². The summed E-state index contributed by atoms with van der Waals surface area (Å²) < 4.78 is 4.66. The fourth-order valence-corrected chi connectivity index (χ4v) is 3.13. The molecule has 1 aromatic heterocycles.